The van der Waals surface area contributed by atoms with Gasteiger partial charge in [-0.15, -0.1) is 0 Å². The van der Waals surface area contributed by atoms with Gasteiger partial charge in [0.2, 0.25) is 5.91 Å². The highest BCUT2D eigenvalue weighted by atomic mass is 16.4. The molecule has 0 aliphatic carbocycles. The number of hydrogen-bond acceptors (Lipinski definition) is 5. The molecule has 8 nitrogen and oxygen atoms in total. The zero-order valence-electron chi connectivity index (χ0n) is 9.13. The number of aliphatic carboxylic acids is 2. The van der Waals surface area contributed by atoms with Crippen LogP contribution in [0.15, 0.2) is 0 Å². The zero-order valence-corrected chi connectivity index (χ0v) is 9.13. The molecule has 1 amide bonds. The lowest BCUT2D eigenvalue weighted by Gasteiger charge is -2.16. The second-order valence-corrected chi connectivity index (χ2v) is 3.45. The van der Waals surface area contributed by atoms with Crippen LogP contribution in [0.25, 0.3) is 0 Å². The lowest BCUT2D eigenvalue weighted by molar-refractivity contribution is -0.142. The summed E-state index contributed by atoms with van der Waals surface area (Å²) in [5.41, 5.74) is 5.38. The highest BCUT2D eigenvalue weighted by molar-refractivity contribution is 5.87. The van der Waals surface area contributed by atoms with Crippen molar-refractivity contribution >= 4 is 17.8 Å². The van der Waals surface area contributed by atoms with Crippen molar-refractivity contribution < 1.29 is 29.7 Å². The molecule has 0 radical (unpaired) electrons. The van der Waals surface area contributed by atoms with Gasteiger partial charge in [0.1, 0.15) is 6.04 Å². The van der Waals surface area contributed by atoms with Crippen LogP contribution in [0.3, 0.4) is 0 Å². The number of carboxylic acids is 2. The first-order valence-corrected chi connectivity index (χ1v) is 5.00. The fraction of sp³-hybridized carbons (Fsp3) is 0.667. The summed E-state index contributed by atoms with van der Waals surface area (Å²) < 4.78 is 0. The number of aliphatic hydroxyl groups excluding tert-OH is 1. The van der Waals surface area contributed by atoms with Crippen LogP contribution in [0, 0.1) is 0 Å². The van der Waals surface area contributed by atoms with E-state index in [1.807, 2.05) is 0 Å². The Bertz CT molecular complexity index is 293. The van der Waals surface area contributed by atoms with Crippen molar-refractivity contribution in [2.45, 2.75) is 31.3 Å². The van der Waals surface area contributed by atoms with Gasteiger partial charge < -0.3 is 26.4 Å². The number of nitrogens with one attached hydrogen (secondary N) is 1. The SMILES string of the molecule is NC(CCC(=O)O)C(=O)N[C@H](CCO)C(=O)O. The molecule has 6 N–H and O–H groups in total. The van der Waals surface area contributed by atoms with Crippen molar-refractivity contribution in [3.05, 3.63) is 0 Å². The molecule has 0 spiro atoms. The molecule has 2 atom stereocenters. The quantitative estimate of drug-likeness (QED) is 0.337. The van der Waals surface area contributed by atoms with Gasteiger partial charge in [-0.25, -0.2) is 4.79 Å². The summed E-state index contributed by atoms with van der Waals surface area (Å²) in [6.45, 7) is -0.387. The summed E-state index contributed by atoms with van der Waals surface area (Å²) >= 11 is 0. The number of rotatable bonds is 8. The summed E-state index contributed by atoms with van der Waals surface area (Å²) in [4.78, 5) is 32.3. The van der Waals surface area contributed by atoms with Crippen molar-refractivity contribution in [3.8, 4) is 0 Å². The van der Waals surface area contributed by atoms with E-state index in [4.69, 9.17) is 21.1 Å². The van der Waals surface area contributed by atoms with Crippen LogP contribution in [0.4, 0.5) is 0 Å². The summed E-state index contributed by atoms with van der Waals surface area (Å²) in [6, 6.07) is -2.30. The zero-order chi connectivity index (χ0) is 13.4. The first kappa shape index (κ1) is 15.3. The van der Waals surface area contributed by atoms with E-state index < -0.39 is 29.9 Å². The molecule has 0 saturated heterocycles. The van der Waals surface area contributed by atoms with E-state index in [2.05, 4.69) is 5.32 Å². The van der Waals surface area contributed by atoms with E-state index in [0.717, 1.165) is 0 Å². The van der Waals surface area contributed by atoms with Gasteiger partial charge in [-0.05, 0) is 6.42 Å². The molecule has 17 heavy (non-hydrogen) atoms. The topological polar surface area (TPSA) is 150 Å². The first-order valence-electron chi connectivity index (χ1n) is 5.00. The number of carbonyl (C=O) groups excluding carboxylic acids is 1. The largest absolute Gasteiger partial charge is 0.481 e. The minimum absolute atomic E-state index is 0.0768. The predicted octanol–water partition coefficient (Wildman–Crippen LogP) is -1.87. The second-order valence-electron chi connectivity index (χ2n) is 3.45. The number of aliphatic hydroxyl groups is 1. The molecule has 0 aromatic carbocycles. The maximum atomic E-state index is 11.4. The third-order valence-electron chi connectivity index (χ3n) is 2.04. The van der Waals surface area contributed by atoms with Crippen LogP contribution in [0.1, 0.15) is 19.3 Å². The smallest absolute Gasteiger partial charge is 0.326 e. The maximum absolute atomic E-state index is 11.4. The van der Waals surface area contributed by atoms with Crippen LogP contribution in [0.2, 0.25) is 0 Å². The van der Waals surface area contributed by atoms with Crippen molar-refractivity contribution in [2.75, 3.05) is 6.61 Å². The number of carboxylic acid groups (broad SMARTS) is 2. The lowest BCUT2D eigenvalue weighted by atomic mass is 10.1. The van der Waals surface area contributed by atoms with Gasteiger partial charge in [0.15, 0.2) is 0 Å². The van der Waals surface area contributed by atoms with Crippen LogP contribution < -0.4 is 11.1 Å². The Kier molecular flexibility index (Phi) is 6.83. The fourth-order valence-electron chi connectivity index (χ4n) is 1.08. The molecule has 1 unspecified atom stereocenters. The summed E-state index contributed by atoms with van der Waals surface area (Å²) in [5.74, 6) is -3.11. The van der Waals surface area contributed by atoms with E-state index in [1.165, 1.54) is 0 Å². The van der Waals surface area contributed by atoms with Crippen LogP contribution >= 0.6 is 0 Å². The molecule has 0 saturated carbocycles. The Hall–Kier alpha value is -1.67. The first-order chi connectivity index (χ1) is 7.88. The standard InChI is InChI=1S/C9H16N2O6/c10-5(1-2-7(13)14)8(15)11-6(3-4-12)9(16)17/h5-6,12H,1-4,10H2,(H,11,15)(H,13,14)(H,16,17)/t5?,6-/m1/s1. The highest BCUT2D eigenvalue weighted by Crippen LogP contribution is 1.98. The Labute approximate surface area is 97.4 Å². The van der Waals surface area contributed by atoms with Crippen LogP contribution in [-0.4, -0.2) is 51.9 Å². The molecule has 0 bridgehead atoms. The summed E-state index contributed by atoms with van der Waals surface area (Å²) in [5, 5.41) is 27.8. The van der Waals surface area contributed by atoms with Gasteiger partial charge in [0.25, 0.3) is 0 Å². The lowest BCUT2D eigenvalue weighted by Crippen LogP contribution is -2.48. The Balaban J connectivity index is 4.20. The second kappa shape index (κ2) is 7.58. The van der Waals surface area contributed by atoms with Crippen molar-refractivity contribution in [1.29, 1.82) is 0 Å². The van der Waals surface area contributed by atoms with Gasteiger partial charge in [0, 0.05) is 19.4 Å². The molecule has 0 aliphatic heterocycles. The van der Waals surface area contributed by atoms with E-state index in [1.54, 1.807) is 0 Å². The van der Waals surface area contributed by atoms with Gasteiger partial charge in [-0.1, -0.05) is 0 Å². The van der Waals surface area contributed by atoms with E-state index >= 15 is 0 Å². The summed E-state index contributed by atoms with van der Waals surface area (Å²) in [7, 11) is 0. The van der Waals surface area contributed by atoms with E-state index in [-0.39, 0.29) is 25.9 Å². The van der Waals surface area contributed by atoms with Crippen molar-refractivity contribution in [2.24, 2.45) is 5.73 Å². The highest BCUT2D eigenvalue weighted by Gasteiger charge is 2.22. The van der Waals surface area contributed by atoms with Gasteiger partial charge in [-0.3, -0.25) is 9.59 Å². The summed E-state index contributed by atoms with van der Waals surface area (Å²) in [6.07, 6.45) is -0.480. The van der Waals surface area contributed by atoms with Gasteiger partial charge >= 0.3 is 11.9 Å². The minimum Gasteiger partial charge on any atom is -0.481 e. The molecule has 0 heterocycles. The third-order valence-corrected chi connectivity index (χ3v) is 2.04. The Morgan fingerprint density at radius 1 is 1.18 bits per heavy atom. The average molecular weight is 248 g/mol. The Morgan fingerprint density at radius 2 is 1.76 bits per heavy atom. The molecule has 0 fully saturated rings. The van der Waals surface area contributed by atoms with Crippen LogP contribution in [-0.2, 0) is 14.4 Å². The number of nitrogens with two attached hydrogens (primary N) is 1. The van der Waals surface area contributed by atoms with Crippen molar-refractivity contribution in [1.82, 2.24) is 5.32 Å². The van der Waals surface area contributed by atoms with Gasteiger partial charge in [-0.2, -0.15) is 0 Å². The van der Waals surface area contributed by atoms with E-state index in [0.29, 0.717) is 0 Å². The molecule has 98 valence electrons. The number of hydrogen-bond donors (Lipinski definition) is 5. The fourth-order valence-corrected chi connectivity index (χ4v) is 1.08. The van der Waals surface area contributed by atoms with E-state index in [9.17, 15) is 14.4 Å². The number of amides is 1. The molecule has 8 heteroatoms. The molecule has 0 aromatic rings. The monoisotopic (exact) mass is 248 g/mol. The molecular weight excluding hydrogens is 232 g/mol. The molecular formula is C9H16N2O6. The molecule has 0 aromatic heterocycles. The van der Waals surface area contributed by atoms with Crippen LogP contribution in [0.5, 0.6) is 0 Å². The molecule has 0 rings (SSSR count). The minimum atomic E-state index is -1.28. The number of carbonyl (C=O) groups is 3. The predicted molar refractivity (Wildman–Crippen MR) is 56.1 cm³/mol. The Morgan fingerprint density at radius 3 is 2.18 bits per heavy atom. The normalized spacial score (nSPS) is 13.8. The molecule has 0 aliphatic rings. The average Bonchev–Trinajstić information content (AvgIpc) is 2.24. The third kappa shape index (κ3) is 6.48. The van der Waals surface area contributed by atoms with Crippen molar-refractivity contribution in [3.63, 3.8) is 0 Å². The van der Waals surface area contributed by atoms with Gasteiger partial charge in [0.05, 0.1) is 6.04 Å². The maximum Gasteiger partial charge on any atom is 0.326 e.